The van der Waals surface area contributed by atoms with E-state index in [-0.39, 0.29) is 5.82 Å². The molecular formula is C18H23FN2. The lowest BCUT2D eigenvalue weighted by Crippen LogP contribution is -2.22. The number of nitrogens with one attached hydrogen (secondary N) is 1. The van der Waals surface area contributed by atoms with Crippen molar-refractivity contribution in [2.45, 2.75) is 26.4 Å². The fourth-order valence-corrected chi connectivity index (χ4v) is 2.22. The second-order valence-electron chi connectivity index (χ2n) is 5.78. The first-order valence-electron chi connectivity index (χ1n) is 7.27. The molecule has 2 aromatic rings. The number of hydrogen-bond donors (Lipinski definition) is 1. The second kappa shape index (κ2) is 6.72. The highest BCUT2D eigenvalue weighted by molar-refractivity contribution is 5.69. The Labute approximate surface area is 126 Å². The fourth-order valence-electron chi connectivity index (χ4n) is 2.22. The van der Waals surface area contributed by atoms with E-state index in [0.717, 1.165) is 28.9 Å². The summed E-state index contributed by atoms with van der Waals surface area (Å²) < 4.78 is 13.6. The lowest BCUT2D eigenvalue weighted by atomic mass is 9.99. The highest BCUT2D eigenvalue weighted by atomic mass is 19.1. The van der Waals surface area contributed by atoms with Gasteiger partial charge in [0.1, 0.15) is 5.82 Å². The van der Waals surface area contributed by atoms with Crippen LogP contribution in [0.1, 0.15) is 19.4 Å². The molecular weight excluding hydrogens is 263 g/mol. The Morgan fingerprint density at radius 3 is 2.29 bits per heavy atom. The van der Waals surface area contributed by atoms with Crippen LogP contribution in [-0.2, 0) is 6.54 Å². The summed E-state index contributed by atoms with van der Waals surface area (Å²) in [5.41, 5.74) is 4.24. The molecule has 0 fully saturated rings. The third-order valence-electron chi connectivity index (χ3n) is 3.47. The summed E-state index contributed by atoms with van der Waals surface area (Å²) in [5.74, 6) is -0.199. The van der Waals surface area contributed by atoms with Crippen molar-refractivity contribution in [3.05, 3.63) is 53.8 Å². The van der Waals surface area contributed by atoms with Crippen LogP contribution in [0.4, 0.5) is 10.1 Å². The van der Waals surface area contributed by atoms with E-state index in [9.17, 15) is 4.39 Å². The van der Waals surface area contributed by atoms with Crippen LogP contribution < -0.4 is 10.2 Å². The molecule has 2 nitrogen and oxygen atoms in total. The Bertz CT molecular complexity index is 589. The minimum Gasteiger partial charge on any atom is -0.378 e. The molecule has 0 aliphatic rings. The maximum Gasteiger partial charge on any atom is 0.123 e. The normalized spacial score (nSPS) is 11.0. The molecule has 2 aromatic carbocycles. The van der Waals surface area contributed by atoms with Gasteiger partial charge in [0.05, 0.1) is 0 Å². The Morgan fingerprint density at radius 2 is 1.71 bits per heavy atom. The molecule has 1 N–H and O–H groups in total. The molecule has 0 unspecified atom stereocenters. The Morgan fingerprint density at radius 1 is 1.05 bits per heavy atom. The van der Waals surface area contributed by atoms with E-state index in [2.05, 4.69) is 36.2 Å². The first-order chi connectivity index (χ1) is 9.97. The van der Waals surface area contributed by atoms with Crippen LogP contribution >= 0.6 is 0 Å². The predicted octanol–water partition coefficient (Wildman–Crippen LogP) is 4.06. The van der Waals surface area contributed by atoms with Gasteiger partial charge >= 0.3 is 0 Å². The summed E-state index contributed by atoms with van der Waals surface area (Å²) in [6, 6.07) is 13.6. The topological polar surface area (TPSA) is 15.3 Å². The standard InChI is InChI=1S/C18H23FN2/c1-13(2)20-12-15-5-8-16(19)11-18(15)14-6-9-17(10-7-14)21(3)4/h5-11,13,20H,12H2,1-4H3. The van der Waals surface area contributed by atoms with Crippen LogP contribution in [0.15, 0.2) is 42.5 Å². The first kappa shape index (κ1) is 15.5. The summed E-state index contributed by atoms with van der Waals surface area (Å²) in [6.45, 7) is 4.95. The number of nitrogens with zero attached hydrogens (tertiary/aromatic N) is 1. The van der Waals surface area contributed by atoms with Crippen LogP contribution in [-0.4, -0.2) is 20.1 Å². The number of rotatable bonds is 5. The molecule has 0 atom stereocenters. The van der Waals surface area contributed by atoms with E-state index in [1.54, 1.807) is 6.07 Å². The van der Waals surface area contributed by atoms with Gasteiger partial charge in [0, 0.05) is 32.4 Å². The van der Waals surface area contributed by atoms with Crippen LogP contribution in [0.5, 0.6) is 0 Å². The van der Waals surface area contributed by atoms with Gasteiger partial charge in [-0.15, -0.1) is 0 Å². The summed E-state index contributed by atoms with van der Waals surface area (Å²) in [7, 11) is 4.02. The van der Waals surface area contributed by atoms with Crippen LogP contribution in [0.2, 0.25) is 0 Å². The van der Waals surface area contributed by atoms with Gasteiger partial charge in [-0.25, -0.2) is 4.39 Å². The highest BCUT2D eigenvalue weighted by Crippen LogP contribution is 2.27. The highest BCUT2D eigenvalue weighted by Gasteiger charge is 2.08. The SMILES string of the molecule is CC(C)NCc1ccc(F)cc1-c1ccc(N(C)C)cc1. The molecule has 0 bridgehead atoms. The molecule has 0 aliphatic heterocycles. The quantitative estimate of drug-likeness (QED) is 0.892. The van der Waals surface area contributed by atoms with Crippen molar-refractivity contribution >= 4 is 5.69 Å². The molecule has 3 heteroatoms. The third-order valence-corrected chi connectivity index (χ3v) is 3.47. The maximum atomic E-state index is 13.6. The number of anilines is 1. The van der Waals surface area contributed by atoms with Crippen molar-refractivity contribution in [1.29, 1.82) is 0 Å². The van der Waals surface area contributed by atoms with Crippen molar-refractivity contribution in [2.75, 3.05) is 19.0 Å². The molecule has 0 aliphatic carbocycles. The van der Waals surface area contributed by atoms with Crippen LogP contribution in [0.3, 0.4) is 0 Å². The van der Waals surface area contributed by atoms with Gasteiger partial charge in [-0.2, -0.15) is 0 Å². The van der Waals surface area contributed by atoms with Crippen LogP contribution in [0.25, 0.3) is 11.1 Å². The Hall–Kier alpha value is -1.87. The van der Waals surface area contributed by atoms with E-state index >= 15 is 0 Å². The first-order valence-corrected chi connectivity index (χ1v) is 7.27. The van der Waals surface area contributed by atoms with Crippen molar-refractivity contribution in [2.24, 2.45) is 0 Å². The Kier molecular flexibility index (Phi) is 4.97. The number of halogens is 1. The summed E-state index contributed by atoms with van der Waals surface area (Å²) in [4.78, 5) is 2.05. The maximum absolute atomic E-state index is 13.6. The fraction of sp³-hybridized carbons (Fsp3) is 0.333. The molecule has 0 heterocycles. The summed E-state index contributed by atoms with van der Waals surface area (Å²) in [6.07, 6.45) is 0. The van der Waals surface area contributed by atoms with Gasteiger partial charge in [-0.1, -0.05) is 32.0 Å². The smallest absolute Gasteiger partial charge is 0.123 e. The molecule has 0 spiro atoms. The second-order valence-corrected chi connectivity index (χ2v) is 5.78. The average molecular weight is 286 g/mol. The molecule has 0 radical (unpaired) electrons. The van der Waals surface area contributed by atoms with Crippen molar-refractivity contribution in [3.63, 3.8) is 0 Å². The molecule has 0 saturated carbocycles. The van der Waals surface area contributed by atoms with Crippen molar-refractivity contribution < 1.29 is 4.39 Å². The molecule has 2 rings (SSSR count). The van der Waals surface area contributed by atoms with Gasteiger partial charge in [0.25, 0.3) is 0 Å². The van der Waals surface area contributed by atoms with E-state index in [4.69, 9.17) is 0 Å². The minimum absolute atomic E-state index is 0.199. The van der Waals surface area contributed by atoms with Crippen LogP contribution in [0, 0.1) is 5.82 Å². The monoisotopic (exact) mass is 286 g/mol. The predicted molar refractivity (Wildman–Crippen MR) is 88.1 cm³/mol. The molecule has 0 aromatic heterocycles. The van der Waals surface area contributed by atoms with Gasteiger partial charge in [-0.3, -0.25) is 0 Å². The van der Waals surface area contributed by atoms with E-state index in [1.807, 2.05) is 32.3 Å². The average Bonchev–Trinajstić information content (AvgIpc) is 2.46. The molecule has 0 saturated heterocycles. The number of hydrogen-bond acceptors (Lipinski definition) is 2. The van der Waals surface area contributed by atoms with Crippen molar-refractivity contribution in [1.82, 2.24) is 5.32 Å². The van der Waals surface area contributed by atoms with E-state index in [0.29, 0.717) is 6.04 Å². The minimum atomic E-state index is -0.199. The Balaban J connectivity index is 2.34. The number of benzene rings is 2. The summed E-state index contributed by atoms with van der Waals surface area (Å²) >= 11 is 0. The summed E-state index contributed by atoms with van der Waals surface area (Å²) in [5, 5.41) is 3.39. The van der Waals surface area contributed by atoms with Crippen molar-refractivity contribution in [3.8, 4) is 11.1 Å². The van der Waals surface area contributed by atoms with Gasteiger partial charge < -0.3 is 10.2 Å². The molecule has 112 valence electrons. The van der Waals surface area contributed by atoms with E-state index < -0.39 is 0 Å². The zero-order valence-electron chi connectivity index (χ0n) is 13.2. The molecule has 21 heavy (non-hydrogen) atoms. The zero-order chi connectivity index (χ0) is 15.4. The van der Waals surface area contributed by atoms with Gasteiger partial charge in [0.2, 0.25) is 0 Å². The lowest BCUT2D eigenvalue weighted by molar-refractivity contribution is 0.587. The largest absolute Gasteiger partial charge is 0.378 e. The third kappa shape index (κ3) is 4.05. The molecule has 0 amide bonds. The van der Waals surface area contributed by atoms with Gasteiger partial charge in [0.15, 0.2) is 0 Å². The zero-order valence-corrected chi connectivity index (χ0v) is 13.2. The van der Waals surface area contributed by atoms with E-state index in [1.165, 1.54) is 6.07 Å². The van der Waals surface area contributed by atoms with Gasteiger partial charge in [-0.05, 0) is 41.0 Å². The lowest BCUT2D eigenvalue weighted by Gasteiger charge is -2.15.